The van der Waals surface area contributed by atoms with Crippen molar-refractivity contribution in [2.45, 2.75) is 31.8 Å². The van der Waals surface area contributed by atoms with Crippen LogP contribution in [0.25, 0.3) is 0 Å². The van der Waals surface area contributed by atoms with Gasteiger partial charge in [-0.2, -0.15) is 0 Å². The number of fused-ring (bicyclic) bond motifs is 2. The first-order valence-corrected chi connectivity index (χ1v) is 7.03. The smallest absolute Gasteiger partial charge is 0.225 e. The lowest BCUT2D eigenvalue weighted by Gasteiger charge is -2.27. The van der Waals surface area contributed by atoms with E-state index in [2.05, 4.69) is 5.32 Å². The molecular weight excluding hydrogens is 262 g/mol. The van der Waals surface area contributed by atoms with Crippen LogP contribution in [0.2, 0.25) is 0 Å². The first kappa shape index (κ1) is 13.5. The van der Waals surface area contributed by atoms with E-state index in [9.17, 15) is 13.6 Å². The lowest BCUT2D eigenvalue weighted by molar-refractivity contribution is -0.127. The van der Waals surface area contributed by atoms with Gasteiger partial charge in [0, 0.05) is 18.2 Å². The number of nitrogens with two attached hydrogens (primary N) is 1. The Hall–Kier alpha value is -1.49. The minimum absolute atomic E-state index is 0.00301. The van der Waals surface area contributed by atoms with Gasteiger partial charge >= 0.3 is 0 Å². The minimum atomic E-state index is -0.510. The molecule has 3 rings (SSSR count). The third kappa shape index (κ3) is 2.30. The van der Waals surface area contributed by atoms with E-state index in [0.29, 0.717) is 11.8 Å². The molecule has 1 aromatic rings. The fourth-order valence-electron chi connectivity index (χ4n) is 3.70. The van der Waals surface area contributed by atoms with Gasteiger partial charge in [-0.1, -0.05) is 0 Å². The molecule has 0 heterocycles. The predicted octanol–water partition coefficient (Wildman–Crippen LogP) is 1.95. The van der Waals surface area contributed by atoms with Crippen LogP contribution in [-0.2, 0) is 11.3 Å². The molecule has 20 heavy (non-hydrogen) atoms. The number of carbonyl (C=O) groups is 1. The highest BCUT2D eigenvalue weighted by molar-refractivity contribution is 5.80. The Morgan fingerprint density at radius 3 is 2.75 bits per heavy atom. The maximum absolute atomic E-state index is 13.5. The molecule has 2 aliphatic rings. The van der Waals surface area contributed by atoms with Gasteiger partial charge in [-0.05, 0) is 49.3 Å². The Balaban J connectivity index is 1.64. The van der Waals surface area contributed by atoms with Crippen LogP contribution in [0, 0.1) is 29.4 Å². The van der Waals surface area contributed by atoms with Crippen LogP contribution in [0.1, 0.15) is 24.8 Å². The first-order chi connectivity index (χ1) is 9.56. The summed E-state index contributed by atoms with van der Waals surface area (Å²) in [6, 6.07) is 3.15. The summed E-state index contributed by atoms with van der Waals surface area (Å²) < 4.78 is 26.5. The number of amides is 1. The molecule has 0 saturated heterocycles. The van der Waals surface area contributed by atoms with Crippen molar-refractivity contribution in [3.8, 4) is 0 Å². The van der Waals surface area contributed by atoms with Gasteiger partial charge in [-0.15, -0.1) is 0 Å². The summed E-state index contributed by atoms with van der Waals surface area (Å²) >= 11 is 0. The number of hydrogen-bond donors (Lipinski definition) is 2. The van der Waals surface area contributed by atoms with Crippen molar-refractivity contribution < 1.29 is 13.6 Å². The third-order valence-corrected chi connectivity index (χ3v) is 4.74. The Labute approximate surface area is 116 Å². The van der Waals surface area contributed by atoms with Gasteiger partial charge in [-0.25, -0.2) is 8.78 Å². The molecular formula is C15H18F2N2O. The van der Waals surface area contributed by atoms with E-state index in [4.69, 9.17) is 5.73 Å². The molecule has 2 aliphatic carbocycles. The zero-order chi connectivity index (χ0) is 14.3. The highest BCUT2D eigenvalue weighted by Crippen LogP contribution is 2.47. The lowest BCUT2D eigenvalue weighted by atomic mass is 9.84. The summed E-state index contributed by atoms with van der Waals surface area (Å²) in [5, 5.41) is 2.70. The number of hydrogen-bond acceptors (Lipinski definition) is 2. The van der Waals surface area contributed by atoms with E-state index >= 15 is 0 Å². The van der Waals surface area contributed by atoms with Crippen LogP contribution in [0.15, 0.2) is 18.2 Å². The fourth-order valence-corrected chi connectivity index (χ4v) is 3.70. The van der Waals surface area contributed by atoms with Crippen LogP contribution in [0.5, 0.6) is 0 Å². The number of benzene rings is 1. The normalized spacial score (nSPS) is 31.6. The van der Waals surface area contributed by atoms with Crippen molar-refractivity contribution in [2.24, 2.45) is 23.5 Å². The molecule has 5 heteroatoms. The monoisotopic (exact) mass is 280 g/mol. The van der Waals surface area contributed by atoms with E-state index in [0.717, 1.165) is 37.5 Å². The van der Waals surface area contributed by atoms with Crippen molar-refractivity contribution in [1.29, 1.82) is 0 Å². The van der Waals surface area contributed by atoms with Gasteiger partial charge in [0.1, 0.15) is 11.6 Å². The predicted molar refractivity (Wildman–Crippen MR) is 70.5 cm³/mol. The molecule has 3 N–H and O–H groups in total. The van der Waals surface area contributed by atoms with Gasteiger partial charge in [0.05, 0.1) is 5.92 Å². The average molecular weight is 280 g/mol. The van der Waals surface area contributed by atoms with E-state index < -0.39 is 11.6 Å². The zero-order valence-corrected chi connectivity index (χ0v) is 11.1. The van der Waals surface area contributed by atoms with E-state index in [1.165, 1.54) is 0 Å². The van der Waals surface area contributed by atoms with Gasteiger partial charge in [0.25, 0.3) is 0 Å². The van der Waals surface area contributed by atoms with Gasteiger partial charge in [0.15, 0.2) is 0 Å². The lowest BCUT2D eigenvalue weighted by Crippen LogP contribution is -2.45. The molecule has 2 fully saturated rings. The van der Waals surface area contributed by atoms with Crippen LogP contribution >= 0.6 is 0 Å². The van der Waals surface area contributed by atoms with E-state index in [1.807, 2.05) is 0 Å². The van der Waals surface area contributed by atoms with Crippen LogP contribution in [-0.4, -0.2) is 11.9 Å². The summed E-state index contributed by atoms with van der Waals surface area (Å²) in [7, 11) is 0. The molecule has 1 amide bonds. The van der Waals surface area contributed by atoms with Crippen molar-refractivity contribution >= 4 is 5.91 Å². The Morgan fingerprint density at radius 2 is 2.05 bits per heavy atom. The molecule has 1 aromatic carbocycles. The van der Waals surface area contributed by atoms with Crippen LogP contribution < -0.4 is 11.1 Å². The van der Waals surface area contributed by atoms with Gasteiger partial charge in [-0.3, -0.25) is 4.79 Å². The molecule has 0 radical (unpaired) electrons. The van der Waals surface area contributed by atoms with Crippen LogP contribution in [0.4, 0.5) is 8.78 Å². The average Bonchev–Trinajstić information content (AvgIpc) is 3.00. The van der Waals surface area contributed by atoms with Gasteiger partial charge in [0.2, 0.25) is 5.91 Å². The van der Waals surface area contributed by atoms with Crippen molar-refractivity contribution in [3.05, 3.63) is 35.4 Å². The molecule has 108 valence electrons. The Morgan fingerprint density at radius 1 is 1.30 bits per heavy atom. The van der Waals surface area contributed by atoms with Crippen molar-refractivity contribution in [1.82, 2.24) is 5.32 Å². The quantitative estimate of drug-likeness (QED) is 0.889. The summed E-state index contributed by atoms with van der Waals surface area (Å²) in [6.45, 7) is 0.00301. The Bertz CT molecular complexity index is 533. The van der Waals surface area contributed by atoms with Crippen molar-refractivity contribution in [2.75, 3.05) is 0 Å². The standard InChI is InChI=1S/C15H18F2N2O/c16-11-3-4-12(17)10(6-11)7-19-15(20)13-8-1-2-9(5-8)14(13)18/h3-4,6,8-9,13-14H,1-2,5,7,18H2,(H,19,20). The SMILES string of the molecule is NC1C2CCC(C2)C1C(=O)NCc1cc(F)ccc1F. The summed E-state index contributed by atoms with van der Waals surface area (Å²) in [6.07, 6.45) is 3.17. The number of nitrogens with one attached hydrogen (secondary N) is 1. The van der Waals surface area contributed by atoms with Crippen molar-refractivity contribution in [3.63, 3.8) is 0 Å². The molecule has 4 unspecified atom stereocenters. The number of halogens is 2. The summed E-state index contributed by atoms with van der Waals surface area (Å²) in [4.78, 5) is 12.2. The maximum atomic E-state index is 13.5. The zero-order valence-electron chi connectivity index (χ0n) is 11.1. The summed E-state index contributed by atoms with van der Waals surface area (Å²) in [5.74, 6) is -0.524. The highest BCUT2D eigenvalue weighted by Gasteiger charge is 2.48. The third-order valence-electron chi connectivity index (χ3n) is 4.74. The van der Waals surface area contributed by atoms with Crippen LogP contribution in [0.3, 0.4) is 0 Å². The molecule has 2 saturated carbocycles. The largest absolute Gasteiger partial charge is 0.352 e. The number of carbonyl (C=O) groups excluding carboxylic acids is 1. The van der Waals surface area contributed by atoms with E-state index in [1.54, 1.807) is 0 Å². The van der Waals surface area contributed by atoms with E-state index in [-0.39, 0.29) is 30.0 Å². The van der Waals surface area contributed by atoms with Gasteiger partial charge < -0.3 is 11.1 Å². The number of rotatable bonds is 3. The second-order valence-corrected chi connectivity index (χ2v) is 5.89. The Kier molecular flexibility index (Phi) is 3.46. The molecule has 4 atom stereocenters. The maximum Gasteiger partial charge on any atom is 0.225 e. The second-order valence-electron chi connectivity index (χ2n) is 5.89. The highest BCUT2D eigenvalue weighted by atomic mass is 19.1. The minimum Gasteiger partial charge on any atom is -0.352 e. The molecule has 0 spiro atoms. The second kappa shape index (κ2) is 5.13. The fraction of sp³-hybridized carbons (Fsp3) is 0.533. The molecule has 2 bridgehead atoms. The topological polar surface area (TPSA) is 55.1 Å². The first-order valence-electron chi connectivity index (χ1n) is 7.03. The molecule has 3 nitrogen and oxygen atoms in total. The summed E-state index contributed by atoms with van der Waals surface area (Å²) in [5.41, 5.74) is 6.26. The molecule has 0 aliphatic heterocycles. The molecule has 0 aromatic heterocycles.